The zero-order chi connectivity index (χ0) is 20.9. The van der Waals surface area contributed by atoms with Crippen LogP contribution in [0.5, 0.6) is 0 Å². The first-order chi connectivity index (χ1) is 13.8. The number of carbonyl (C=O) groups is 2. The normalized spacial score (nSPS) is 15.6. The summed E-state index contributed by atoms with van der Waals surface area (Å²) in [7, 11) is 9.58. The Morgan fingerprint density at radius 1 is 1.00 bits per heavy atom. The Morgan fingerprint density at radius 3 is 2.28 bits per heavy atom. The average molecular weight is 396 g/mol. The number of hydrogen-bond donors (Lipinski definition) is 0. The van der Waals surface area contributed by atoms with E-state index in [1.165, 1.54) is 4.90 Å². The predicted octanol–water partition coefficient (Wildman–Crippen LogP) is 2.83. The van der Waals surface area contributed by atoms with E-state index in [9.17, 15) is 9.59 Å². The largest absolute Gasteiger partial charge is 0.342 e. The Kier molecular flexibility index (Phi) is 4.86. The molecule has 0 unspecified atom stereocenters. The highest BCUT2D eigenvalue weighted by molar-refractivity contribution is 6.14. The molecule has 1 fully saturated rings. The summed E-state index contributed by atoms with van der Waals surface area (Å²) in [5.41, 5.74) is 3.18. The van der Waals surface area contributed by atoms with Crippen LogP contribution in [0.25, 0.3) is 21.9 Å². The minimum atomic E-state index is -0.206. The summed E-state index contributed by atoms with van der Waals surface area (Å²) in [6.45, 7) is 1.42. The highest BCUT2D eigenvalue weighted by Crippen LogP contribution is 2.32. The number of benzene rings is 1. The third-order valence-electron chi connectivity index (χ3n) is 6.14. The number of para-hydroxylation sites is 1. The van der Waals surface area contributed by atoms with E-state index in [2.05, 4.69) is 23.6 Å². The number of fused-ring (bicyclic) bond motifs is 3. The fourth-order valence-corrected chi connectivity index (χ4v) is 4.41. The van der Waals surface area contributed by atoms with Crippen molar-refractivity contribution < 1.29 is 9.59 Å². The summed E-state index contributed by atoms with van der Waals surface area (Å²) < 4.78 is 3.65. The molecule has 1 aromatic carbocycles. The minimum Gasteiger partial charge on any atom is -0.342 e. The van der Waals surface area contributed by atoms with Crippen molar-refractivity contribution in [1.82, 2.24) is 23.8 Å². The van der Waals surface area contributed by atoms with Crippen molar-refractivity contribution in [2.24, 2.45) is 7.05 Å². The van der Waals surface area contributed by atoms with Crippen LogP contribution < -0.4 is 0 Å². The Bertz CT molecular complexity index is 1080. The molecule has 1 aliphatic heterocycles. The minimum absolute atomic E-state index is 0.0716. The van der Waals surface area contributed by atoms with Gasteiger partial charge in [-0.15, -0.1) is 0 Å². The monoisotopic (exact) mass is 395 g/mol. The third kappa shape index (κ3) is 3.09. The van der Waals surface area contributed by atoms with Crippen LogP contribution in [-0.2, 0) is 7.05 Å². The SMILES string of the molecule is CN(C)C(=O)n1c(C(=O)N2CCC(N(C)C)CC2)cc2c1c1ccccc1n2C. The molecule has 0 atom stereocenters. The molecular weight excluding hydrogens is 366 g/mol. The topological polar surface area (TPSA) is 53.7 Å². The lowest BCUT2D eigenvalue weighted by Gasteiger charge is -2.35. The molecule has 4 rings (SSSR count). The van der Waals surface area contributed by atoms with E-state index < -0.39 is 0 Å². The summed E-state index contributed by atoms with van der Waals surface area (Å²) in [5, 5.41) is 0.977. The molecule has 0 aliphatic carbocycles. The predicted molar refractivity (Wildman–Crippen MR) is 116 cm³/mol. The first kappa shape index (κ1) is 19.5. The smallest absolute Gasteiger partial charge is 0.328 e. The molecule has 7 heteroatoms. The number of rotatable bonds is 2. The van der Waals surface area contributed by atoms with Crippen LogP contribution in [0.2, 0.25) is 0 Å². The van der Waals surface area contributed by atoms with Crippen LogP contribution in [0.1, 0.15) is 23.3 Å². The molecule has 0 saturated carbocycles. The lowest BCUT2D eigenvalue weighted by molar-refractivity contribution is 0.0654. The quantitative estimate of drug-likeness (QED) is 0.671. The molecule has 0 bridgehead atoms. The molecule has 0 spiro atoms. The standard InChI is InChI=1S/C22H29N5O2/c1-23(2)15-10-12-26(13-11-15)21(28)19-14-18-20(27(19)22(29)24(3)4)16-8-6-7-9-17(16)25(18)5/h6-9,14-15H,10-13H2,1-5H3. The lowest BCUT2D eigenvalue weighted by atomic mass is 10.0. The van der Waals surface area contributed by atoms with Crippen molar-refractivity contribution in [3.63, 3.8) is 0 Å². The highest BCUT2D eigenvalue weighted by Gasteiger charge is 2.30. The summed E-state index contributed by atoms with van der Waals surface area (Å²) in [4.78, 5) is 32.2. The molecule has 29 heavy (non-hydrogen) atoms. The number of aryl methyl sites for hydroxylation is 1. The van der Waals surface area contributed by atoms with Crippen molar-refractivity contribution in [2.75, 3.05) is 41.3 Å². The molecular formula is C22H29N5O2. The maximum atomic E-state index is 13.5. The van der Waals surface area contributed by atoms with Gasteiger partial charge >= 0.3 is 6.03 Å². The first-order valence-corrected chi connectivity index (χ1v) is 10.1. The zero-order valence-corrected chi connectivity index (χ0v) is 17.8. The number of nitrogens with zero attached hydrogens (tertiary/aromatic N) is 5. The summed E-state index contributed by atoms with van der Waals surface area (Å²) >= 11 is 0. The zero-order valence-electron chi connectivity index (χ0n) is 17.8. The molecule has 3 heterocycles. The molecule has 1 saturated heterocycles. The maximum absolute atomic E-state index is 13.5. The first-order valence-electron chi connectivity index (χ1n) is 10.1. The van der Waals surface area contributed by atoms with E-state index in [1.807, 2.05) is 42.3 Å². The number of aromatic nitrogens is 2. The van der Waals surface area contributed by atoms with E-state index >= 15 is 0 Å². The second-order valence-electron chi connectivity index (χ2n) is 8.34. The van der Waals surface area contributed by atoms with E-state index in [-0.39, 0.29) is 11.9 Å². The molecule has 2 amide bonds. The van der Waals surface area contributed by atoms with Crippen molar-refractivity contribution >= 4 is 33.9 Å². The van der Waals surface area contributed by atoms with Gasteiger partial charge in [0.25, 0.3) is 5.91 Å². The van der Waals surface area contributed by atoms with Crippen LogP contribution in [0, 0.1) is 0 Å². The average Bonchev–Trinajstić information content (AvgIpc) is 3.23. The second-order valence-corrected chi connectivity index (χ2v) is 8.34. The fourth-order valence-electron chi connectivity index (χ4n) is 4.41. The number of hydrogen-bond acceptors (Lipinski definition) is 3. The second kappa shape index (κ2) is 7.22. The van der Waals surface area contributed by atoms with Crippen LogP contribution >= 0.6 is 0 Å². The van der Waals surface area contributed by atoms with E-state index in [1.54, 1.807) is 18.7 Å². The van der Waals surface area contributed by atoms with E-state index in [0.717, 1.165) is 34.8 Å². The van der Waals surface area contributed by atoms with Crippen LogP contribution in [0.4, 0.5) is 4.79 Å². The number of carbonyl (C=O) groups excluding carboxylic acids is 2. The molecule has 7 nitrogen and oxygen atoms in total. The number of piperidine rings is 1. The molecule has 3 aromatic rings. The Labute approximate surface area is 171 Å². The summed E-state index contributed by atoms with van der Waals surface area (Å²) in [6, 6.07) is 10.2. The van der Waals surface area contributed by atoms with Gasteiger partial charge in [0.15, 0.2) is 0 Å². The number of likely N-dealkylation sites (tertiary alicyclic amines) is 1. The van der Waals surface area contributed by atoms with Gasteiger partial charge in [-0.2, -0.15) is 0 Å². The van der Waals surface area contributed by atoms with Gasteiger partial charge in [0.1, 0.15) is 5.69 Å². The summed E-state index contributed by atoms with van der Waals surface area (Å²) in [6.07, 6.45) is 1.90. The van der Waals surface area contributed by atoms with E-state index in [4.69, 9.17) is 0 Å². The molecule has 154 valence electrons. The molecule has 0 N–H and O–H groups in total. The number of amides is 2. The third-order valence-corrected chi connectivity index (χ3v) is 6.14. The summed E-state index contributed by atoms with van der Waals surface area (Å²) in [5.74, 6) is -0.0716. The molecule has 1 aliphatic rings. The van der Waals surface area contributed by atoms with Gasteiger partial charge in [0, 0.05) is 45.7 Å². The van der Waals surface area contributed by atoms with Crippen LogP contribution in [-0.4, -0.2) is 83.1 Å². The molecule has 0 radical (unpaired) electrons. The van der Waals surface area contributed by atoms with Gasteiger partial charge in [-0.25, -0.2) is 4.79 Å². The molecule has 2 aromatic heterocycles. The van der Waals surface area contributed by atoms with Crippen molar-refractivity contribution in [1.29, 1.82) is 0 Å². The Balaban J connectivity index is 1.82. The van der Waals surface area contributed by atoms with Gasteiger partial charge in [-0.05, 0) is 39.1 Å². The lowest BCUT2D eigenvalue weighted by Crippen LogP contribution is -2.45. The van der Waals surface area contributed by atoms with Crippen LogP contribution in [0.3, 0.4) is 0 Å². The van der Waals surface area contributed by atoms with Crippen molar-refractivity contribution in [3.8, 4) is 0 Å². The van der Waals surface area contributed by atoms with Gasteiger partial charge < -0.3 is 19.3 Å². The van der Waals surface area contributed by atoms with Crippen LogP contribution in [0.15, 0.2) is 30.3 Å². The van der Waals surface area contributed by atoms with E-state index in [0.29, 0.717) is 24.8 Å². The van der Waals surface area contributed by atoms with Gasteiger partial charge in [-0.3, -0.25) is 9.36 Å². The highest BCUT2D eigenvalue weighted by atomic mass is 16.2. The van der Waals surface area contributed by atoms with Gasteiger partial charge in [0.05, 0.1) is 16.6 Å². The van der Waals surface area contributed by atoms with Crippen molar-refractivity contribution in [2.45, 2.75) is 18.9 Å². The fraction of sp³-hybridized carbons (Fsp3) is 0.455. The van der Waals surface area contributed by atoms with Crippen molar-refractivity contribution in [3.05, 3.63) is 36.0 Å². The maximum Gasteiger partial charge on any atom is 0.328 e. The van der Waals surface area contributed by atoms with Gasteiger partial charge in [-0.1, -0.05) is 18.2 Å². The Morgan fingerprint density at radius 2 is 1.66 bits per heavy atom. The van der Waals surface area contributed by atoms with Gasteiger partial charge in [0.2, 0.25) is 0 Å². The Hall–Kier alpha value is -2.80.